The van der Waals surface area contributed by atoms with Gasteiger partial charge in [-0.05, 0) is 19.1 Å². The molecule has 13 heavy (non-hydrogen) atoms. The van der Waals surface area contributed by atoms with E-state index in [4.69, 9.17) is 5.73 Å². The average molecular weight is 179 g/mol. The first-order chi connectivity index (χ1) is 6.18. The van der Waals surface area contributed by atoms with Gasteiger partial charge in [-0.1, -0.05) is 6.07 Å². The molecule has 2 aromatic rings. The highest BCUT2D eigenvalue weighted by Gasteiger charge is 2.07. The Bertz CT molecular complexity index is 433. The van der Waals surface area contributed by atoms with Gasteiger partial charge < -0.3 is 5.73 Å². The van der Waals surface area contributed by atoms with Crippen LogP contribution in [0.2, 0.25) is 0 Å². The van der Waals surface area contributed by atoms with Crippen molar-refractivity contribution < 1.29 is 4.39 Å². The lowest BCUT2D eigenvalue weighted by atomic mass is 10.3. The highest BCUT2D eigenvalue weighted by atomic mass is 19.1. The summed E-state index contributed by atoms with van der Waals surface area (Å²) in [6, 6.07) is 4.59. The fourth-order valence-corrected chi connectivity index (χ4v) is 1.22. The van der Waals surface area contributed by atoms with Gasteiger partial charge in [-0.2, -0.15) is 4.39 Å². The highest BCUT2D eigenvalue weighted by molar-refractivity contribution is 5.40. The number of nitrogens with zero attached hydrogens (tertiary/aromatic N) is 2. The second-order valence-electron chi connectivity index (χ2n) is 3.03. The quantitative estimate of drug-likeness (QED) is 0.674. The van der Waals surface area contributed by atoms with Gasteiger partial charge in [0.05, 0.1) is 5.69 Å². The summed E-state index contributed by atoms with van der Waals surface area (Å²) in [7, 11) is 0. The molecule has 2 N–H and O–H groups in total. The lowest BCUT2D eigenvalue weighted by Crippen LogP contribution is -2.04. The van der Waals surface area contributed by atoms with Crippen molar-refractivity contribution >= 4 is 5.65 Å². The molecule has 2 heterocycles. The molecular formula is C9H10FN3. The second kappa shape index (κ2) is 2.81. The van der Waals surface area contributed by atoms with Crippen LogP contribution in [0.1, 0.15) is 18.7 Å². The Morgan fingerprint density at radius 2 is 2.31 bits per heavy atom. The lowest BCUT2D eigenvalue weighted by Gasteiger charge is -1.95. The fourth-order valence-electron chi connectivity index (χ4n) is 1.22. The molecule has 1 atom stereocenters. The number of pyridine rings is 1. The van der Waals surface area contributed by atoms with Gasteiger partial charge >= 0.3 is 0 Å². The number of fused-ring (bicyclic) bond motifs is 1. The van der Waals surface area contributed by atoms with E-state index >= 15 is 0 Å². The van der Waals surface area contributed by atoms with Crippen molar-refractivity contribution in [2.24, 2.45) is 5.73 Å². The van der Waals surface area contributed by atoms with Crippen molar-refractivity contribution in [1.82, 2.24) is 9.38 Å². The van der Waals surface area contributed by atoms with Crippen LogP contribution in [0.5, 0.6) is 0 Å². The third-order valence-corrected chi connectivity index (χ3v) is 1.93. The second-order valence-corrected chi connectivity index (χ2v) is 3.03. The lowest BCUT2D eigenvalue weighted by molar-refractivity contribution is 0.567. The number of hydrogen-bond donors (Lipinski definition) is 1. The van der Waals surface area contributed by atoms with Crippen LogP contribution < -0.4 is 5.73 Å². The summed E-state index contributed by atoms with van der Waals surface area (Å²) >= 11 is 0. The molecule has 2 rings (SSSR count). The number of halogens is 1. The molecule has 0 aliphatic carbocycles. The van der Waals surface area contributed by atoms with Gasteiger partial charge in [0.1, 0.15) is 5.65 Å². The largest absolute Gasteiger partial charge is 0.323 e. The summed E-state index contributed by atoms with van der Waals surface area (Å²) in [4.78, 5) is 4.17. The third kappa shape index (κ3) is 1.29. The molecule has 68 valence electrons. The standard InChI is InChI=1S/C9H10FN3/c1-6(11)7-5-13-8(10)3-2-4-9(13)12-7/h2-6H,11H2,1H3. The van der Waals surface area contributed by atoms with E-state index in [9.17, 15) is 4.39 Å². The Labute approximate surface area is 75.0 Å². The molecule has 0 aliphatic rings. The Kier molecular flexibility index (Phi) is 1.77. The minimum absolute atomic E-state index is 0.167. The summed E-state index contributed by atoms with van der Waals surface area (Å²) in [6.07, 6.45) is 1.62. The molecule has 3 nitrogen and oxygen atoms in total. The minimum Gasteiger partial charge on any atom is -0.323 e. The van der Waals surface area contributed by atoms with E-state index in [-0.39, 0.29) is 12.0 Å². The zero-order chi connectivity index (χ0) is 9.42. The number of hydrogen-bond acceptors (Lipinski definition) is 2. The van der Waals surface area contributed by atoms with Crippen LogP contribution in [-0.4, -0.2) is 9.38 Å². The van der Waals surface area contributed by atoms with Gasteiger partial charge in [0.25, 0.3) is 0 Å². The first-order valence-corrected chi connectivity index (χ1v) is 4.07. The van der Waals surface area contributed by atoms with Gasteiger partial charge in [0.2, 0.25) is 0 Å². The van der Waals surface area contributed by atoms with Gasteiger partial charge in [0, 0.05) is 12.2 Å². The van der Waals surface area contributed by atoms with E-state index in [0.29, 0.717) is 11.3 Å². The molecule has 0 bridgehead atoms. The predicted octanol–water partition coefficient (Wildman–Crippen LogP) is 1.49. The predicted molar refractivity (Wildman–Crippen MR) is 47.8 cm³/mol. The number of imidazole rings is 1. The molecular weight excluding hydrogens is 169 g/mol. The maximum absolute atomic E-state index is 13.1. The van der Waals surface area contributed by atoms with E-state index in [0.717, 1.165) is 0 Å². The first-order valence-electron chi connectivity index (χ1n) is 4.07. The summed E-state index contributed by atoms with van der Waals surface area (Å²) in [5.41, 5.74) is 6.92. The molecule has 0 amide bonds. The van der Waals surface area contributed by atoms with Crippen LogP contribution >= 0.6 is 0 Å². The van der Waals surface area contributed by atoms with Crippen molar-refractivity contribution in [2.75, 3.05) is 0 Å². The van der Waals surface area contributed by atoms with Crippen molar-refractivity contribution in [3.8, 4) is 0 Å². The molecule has 2 aromatic heterocycles. The molecule has 0 aromatic carbocycles. The van der Waals surface area contributed by atoms with Crippen molar-refractivity contribution in [3.63, 3.8) is 0 Å². The zero-order valence-corrected chi connectivity index (χ0v) is 7.24. The Morgan fingerprint density at radius 3 is 2.92 bits per heavy atom. The van der Waals surface area contributed by atoms with Crippen molar-refractivity contribution in [3.05, 3.63) is 36.0 Å². The van der Waals surface area contributed by atoms with Gasteiger partial charge in [0.15, 0.2) is 5.95 Å². The van der Waals surface area contributed by atoms with Crippen molar-refractivity contribution in [2.45, 2.75) is 13.0 Å². The van der Waals surface area contributed by atoms with E-state index in [2.05, 4.69) is 4.98 Å². The molecule has 1 unspecified atom stereocenters. The summed E-state index contributed by atoms with van der Waals surface area (Å²) < 4.78 is 14.5. The van der Waals surface area contributed by atoms with E-state index in [1.54, 1.807) is 18.3 Å². The Balaban J connectivity index is 2.68. The fraction of sp³-hybridized carbons (Fsp3) is 0.222. The first kappa shape index (κ1) is 8.19. The van der Waals surface area contributed by atoms with Gasteiger partial charge in [-0.15, -0.1) is 0 Å². The Morgan fingerprint density at radius 1 is 1.54 bits per heavy atom. The summed E-state index contributed by atoms with van der Waals surface area (Å²) in [5.74, 6) is -0.322. The average Bonchev–Trinajstić information content (AvgIpc) is 2.49. The highest BCUT2D eigenvalue weighted by Crippen LogP contribution is 2.12. The monoisotopic (exact) mass is 179 g/mol. The van der Waals surface area contributed by atoms with Crippen LogP contribution in [0, 0.1) is 5.95 Å². The van der Waals surface area contributed by atoms with Crippen LogP contribution in [0.15, 0.2) is 24.4 Å². The van der Waals surface area contributed by atoms with Crippen LogP contribution in [0.25, 0.3) is 5.65 Å². The normalized spacial score (nSPS) is 13.5. The van der Waals surface area contributed by atoms with Crippen molar-refractivity contribution in [1.29, 1.82) is 0 Å². The van der Waals surface area contributed by atoms with Gasteiger partial charge in [-0.25, -0.2) is 4.98 Å². The molecule has 0 saturated heterocycles. The Hall–Kier alpha value is -1.42. The van der Waals surface area contributed by atoms with E-state index in [1.807, 2.05) is 6.92 Å². The zero-order valence-electron chi connectivity index (χ0n) is 7.24. The third-order valence-electron chi connectivity index (χ3n) is 1.93. The SMILES string of the molecule is CC(N)c1cn2c(F)cccc2n1. The topological polar surface area (TPSA) is 43.3 Å². The maximum atomic E-state index is 13.1. The summed E-state index contributed by atoms with van der Waals surface area (Å²) in [6.45, 7) is 1.82. The number of aromatic nitrogens is 2. The summed E-state index contributed by atoms with van der Waals surface area (Å²) in [5, 5.41) is 0. The molecule has 4 heteroatoms. The van der Waals surface area contributed by atoms with Gasteiger partial charge in [-0.3, -0.25) is 4.40 Å². The molecule has 0 saturated carbocycles. The molecule has 0 spiro atoms. The number of nitrogens with two attached hydrogens (primary N) is 1. The van der Waals surface area contributed by atoms with Crippen LogP contribution in [0.4, 0.5) is 4.39 Å². The maximum Gasteiger partial charge on any atom is 0.199 e. The smallest absolute Gasteiger partial charge is 0.199 e. The minimum atomic E-state index is -0.322. The van der Waals surface area contributed by atoms with E-state index in [1.165, 1.54) is 10.5 Å². The molecule has 0 aliphatic heterocycles. The van der Waals surface area contributed by atoms with Crippen LogP contribution in [-0.2, 0) is 0 Å². The molecule has 0 fully saturated rings. The number of rotatable bonds is 1. The molecule has 0 radical (unpaired) electrons. The van der Waals surface area contributed by atoms with Crippen LogP contribution in [0.3, 0.4) is 0 Å². The van der Waals surface area contributed by atoms with E-state index < -0.39 is 0 Å².